The zero-order chi connectivity index (χ0) is 17.6. The van der Waals surface area contributed by atoms with E-state index in [2.05, 4.69) is 15.1 Å². The summed E-state index contributed by atoms with van der Waals surface area (Å²) in [6, 6.07) is 5.10. The molecule has 1 aromatic carbocycles. The van der Waals surface area contributed by atoms with E-state index in [1.807, 2.05) is 6.92 Å². The average molecular weight is 341 g/mol. The minimum atomic E-state index is -0.197. The van der Waals surface area contributed by atoms with Gasteiger partial charge in [-0.15, -0.1) is 0 Å². The smallest absolute Gasteiger partial charge is 0.326 e. The van der Waals surface area contributed by atoms with E-state index < -0.39 is 0 Å². The van der Waals surface area contributed by atoms with Crippen LogP contribution in [-0.4, -0.2) is 37.0 Å². The molecule has 1 fully saturated rings. The molecule has 1 atom stereocenters. The van der Waals surface area contributed by atoms with Gasteiger partial charge in [0.2, 0.25) is 5.89 Å². The average Bonchev–Trinajstić information content (AvgIpc) is 3.33. The summed E-state index contributed by atoms with van der Waals surface area (Å²) < 4.78 is 6.71. The first-order valence-electron chi connectivity index (χ1n) is 8.40. The highest BCUT2D eigenvalue weighted by Crippen LogP contribution is 2.31. The lowest BCUT2D eigenvalue weighted by molar-refractivity contribution is 0.0728. The molecule has 2 aromatic heterocycles. The van der Waals surface area contributed by atoms with Crippen LogP contribution in [0.5, 0.6) is 0 Å². The molecule has 8 heteroatoms. The molecule has 0 saturated carbocycles. The Morgan fingerprint density at radius 3 is 3.04 bits per heavy atom. The van der Waals surface area contributed by atoms with Crippen molar-refractivity contribution >= 4 is 16.9 Å². The van der Waals surface area contributed by atoms with Gasteiger partial charge in [-0.3, -0.25) is 9.36 Å². The molecule has 3 aromatic rings. The van der Waals surface area contributed by atoms with Crippen LogP contribution in [-0.2, 0) is 13.5 Å². The Morgan fingerprint density at radius 2 is 2.28 bits per heavy atom. The highest BCUT2D eigenvalue weighted by molar-refractivity contribution is 5.97. The van der Waals surface area contributed by atoms with Gasteiger partial charge in [0.15, 0.2) is 5.82 Å². The summed E-state index contributed by atoms with van der Waals surface area (Å²) in [5, 5.41) is 4.03. The van der Waals surface area contributed by atoms with Gasteiger partial charge >= 0.3 is 5.69 Å². The Hall–Kier alpha value is -2.90. The molecular formula is C17H19N5O3. The third-order valence-electron chi connectivity index (χ3n) is 4.75. The lowest BCUT2D eigenvalue weighted by atomic mass is 10.1. The van der Waals surface area contributed by atoms with Gasteiger partial charge in [0, 0.05) is 25.6 Å². The molecule has 1 aliphatic heterocycles. The fourth-order valence-corrected chi connectivity index (χ4v) is 3.36. The van der Waals surface area contributed by atoms with Crippen molar-refractivity contribution in [1.29, 1.82) is 0 Å². The number of aryl methyl sites for hydroxylation is 2. The van der Waals surface area contributed by atoms with E-state index in [0.29, 0.717) is 35.8 Å². The Kier molecular flexibility index (Phi) is 3.67. The molecule has 1 aliphatic rings. The first kappa shape index (κ1) is 15.6. The first-order valence-corrected chi connectivity index (χ1v) is 8.40. The van der Waals surface area contributed by atoms with Crippen molar-refractivity contribution in [2.75, 3.05) is 6.54 Å². The van der Waals surface area contributed by atoms with E-state index in [-0.39, 0.29) is 17.6 Å². The zero-order valence-corrected chi connectivity index (χ0v) is 14.2. The normalized spacial score (nSPS) is 17.5. The van der Waals surface area contributed by atoms with E-state index in [4.69, 9.17) is 4.52 Å². The lowest BCUT2D eigenvalue weighted by Crippen LogP contribution is -2.31. The van der Waals surface area contributed by atoms with Crippen molar-refractivity contribution in [1.82, 2.24) is 24.6 Å². The molecule has 1 N–H and O–H groups in total. The predicted molar refractivity (Wildman–Crippen MR) is 90.2 cm³/mol. The first-order chi connectivity index (χ1) is 12.1. The summed E-state index contributed by atoms with van der Waals surface area (Å²) in [6.45, 7) is 2.60. The summed E-state index contributed by atoms with van der Waals surface area (Å²) in [7, 11) is 1.70. The minimum Gasteiger partial charge on any atom is -0.339 e. The molecule has 1 amide bonds. The van der Waals surface area contributed by atoms with Crippen molar-refractivity contribution in [3.05, 3.63) is 46.0 Å². The second kappa shape index (κ2) is 5.87. The number of nitrogens with one attached hydrogen (secondary N) is 1. The van der Waals surface area contributed by atoms with Crippen molar-refractivity contribution in [2.24, 2.45) is 7.05 Å². The van der Waals surface area contributed by atoms with Crippen LogP contribution in [0.4, 0.5) is 0 Å². The number of fused-ring (bicyclic) bond motifs is 1. The fraction of sp³-hybridized carbons (Fsp3) is 0.412. The maximum atomic E-state index is 13.0. The molecule has 1 unspecified atom stereocenters. The Morgan fingerprint density at radius 1 is 1.44 bits per heavy atom. The summed E-state index contributed by atoms with van der Waals surface area (Å²) in [5.74, 6) is 1.06. The topological polar surface area (TPSA) is 97.0 Å². The number of hydrogen-bond donors (Lipinski definition) is 1. The quantitative estimate of drug-likeness (QED) is 0.783. The fourth-order valence-electron chi connectivity index (χ4n) is 3.36. The second-order valence-corrected chi connectivity index (χ2v) is 6.28. The maximum absolute atomic E-state index is 13.0. The van der Waals surface area contributed by atoms with Crippen molar-refractivity contribution in [2.45, 2.75) is 32.2 Å². The zero-order valence-electron chi connectivity index (χ0n) is 14.2. The monoisotopic (exact) mass is 341 g/mol. The Bertz CT molecular complexity index is 999. The molecule has 25 heavy (non-hydrogen) atoms. The number of aromatic amines is 1. The highest BCUT2D eigenvalue weighted by Gasteiger charge is 2.34. The summed E-state index contributed by atoms with van der Waals surface area (Å²) >= 11 is 0. The minimum absolute atomic E-state index is 0.0862. The SMILES string of the molecule is CCc1nc(C2CCCN2C(=O)c2ccc3c(c2)[nH]c(=O)n3C)no1. The molecule has 130 valence electrons. The van der Waals surface area contributed by atoms with Gasteiger partial charge in [-0.2, -0.15) is 4.98 Å². The lowest BCUT2D eigenvalue weighted by Gasteiger charge is -2.22. The van der Waals surface area contributed by atoms with Crippen LogP contribution in [0, 0.1) is 0 Å². The van der Waals surface area contributed by atoms with E-state index in [1.165, 1.54) is 4.57 Å². The summed E-state index contributed by atoms with van der Waals surface area (Å²) in [6.07, 6.45) is 2.39. The summed E-state index contributed by atoms with van der Waals surface area (Å²) in [4.78, 5) is 33.6. The van der Waals surface area contributed by atoms with E-state index in [1.54, 1.807) is 30.1 Å². The number of H-pyrrole nitrogens is 1. The molecular weight excluding hydrogens is 322 g/mol. The number of likely N-dealkylation sites (tertiary alicyclic amines) is 1. The van der Waals surface area contributed by atoms with Gasteiger partial charge in [0.25, 0.3) is 5.91 Å². The molecule has 0 radical (unpaired) electrons. The molecule has 1 saturated heterocycles. The van der Waals surface area contributed by atoms with Crippen molar-refractivity contribution < 1.29 is 9.32 Å². The number of rotatable bonds is 3. The highest BCUT2D eigenvalue weighted by atomic mass is 16.5. The van der Waals surface area contributed by atoms with Crippen molar-refractivity contribution in [3.8, 4) is 0 Å². The van der Waals surface area contributed by atoms with E-state index in [0.717, 1.165) is 18.4 Å². The third-order valence-corrected chi connectivity index (χ3v) is 4.75. The number of amides is 1. The van der Waals surface area contributed by atoms with Crippen LogP contribution < -0.4 is 5.69 Å². The molecule has 0 spiro atoms. The van der Waals surface area contributed by atoms with Crippen LogP contribution in [0.25, 0.3) is 11.0 Å². The molecule has 3 heterocycles. The number of hydrogen-bond acceptors (Lipinski definition) is 5. The molecule has 8 nitrogen and oxygen atoms in total. The third kappa shape index (κ3) is 2.54. The van der Waals surface area contributed by atoms with Gasteiger partial charge < -0.3 is 14.4 Å². The number of nitrogens with zero attached hydrogens (tertiary/aromatic N) is 4. The molecule has 4 rings (SSSR count). The van der Waals surface area contributed by atoms with Crippen molar-refractivity contribution in [3.63, 3.8) is 0 Å². The van der Waals surface area contributed by atoms with Crippen LogP contribution >= 0.6 is 0 Å². The number of carbonyl (C=O) groups is 1. The summed E-state index contributed by atoms with van der Waals surface area (Å²) in [5.41, 5.74) is 1.77. The van der Waals surface area contributed by atoms with Gasteiger partial charge in [-0.05, 0) is 31.0 Å². The van der Waals surface area contributed by atoms with Crippen LogP contribution in [0.15, 0.2) is 27.5 Å². The predicted octanol–water partition coefficient (Wildman–Crippen LogP) is 1.79. The van der Waals surface area contributed by atoms with Gasteiger partial charge in [0.05, 0.1) is 17.1 Å². The van der Waals surface area contributed by atoms with Crippen LogP contribution in [0.3, 0.4) is 0 Å². The standard InChI is InChI=1S/C17H19N5O3/c1-3-14-19-15(20-25-14)13-5-4-8-22(13)16(23)10-6-7-12-11(9-10)18-17(24)21(12)2/h6-7,9,13H,3-5,8H2,1-2H3,(H,18,24). The largest absolute Gasteiger partial charge is 0.339 e. The number of aromatic nitrogens is 4. The van der Waals surface area contributed by atoms with E-state index in [9.17, 15) is 9.59 Å². The van der Waals surface area contributed by atoms with Crippen LogP contribution in [0.2, 0.25) is 0 Å². The number of imidazole rings is 1. The Labute approximate surface area is 143 Å². The van der Waals surface area contributed by atoms with Crippen LogP contribution in [0.1, 0.15) is 47.9 Å². The van der Waals surface area contributed by atoms with Gasteiger partial charge in [0.1, 0.15) is 0 Å². The maximum Gasteiger partial charge on any atom is 0.326 e. The second-order valence-electron chi connectivity index (χ2n) is 6.28. The number of benzene rings is 1. The van der Waals surface area contributed by atoms with E-state index >= 15 is 0 Å². The van der Waals surface area contributed by atoms with Gasteiger partial charge in [-0.25, -0.2) is 4.79 Å². The molecule has 0 bridgehead atoms. The molecule has 0 aliphatic carbocycles. The number of carbonyl (C=O) groups excluding carboxylic acids is 1. The Balaban J connectivity index is 1.66. The van der Waals surface area contributed by atoms with Gasteiger partial charge in [-0.1, -0.05) is 12.1 Å².